The molecule has 0 saturated carbocycles. The van der Waals surface area contributed by atoms with Crippen molar-refractivity contribution in [2.24, 2.45) is 17.8 Å². The van der Waals surface area contributed by atoms with Gasteiger partial charge in [0.25, 0.3) is 0 Å². The molecule has 1 aromatic carbocycles. The van der Waals surface area contributed by atoms with E-state index < -0.39 is 129 Å². The van der Waals surface area contributed by atoms with Crippen molar-refractivity contribution < 1.29 is 107 Å². The zero-order valence-corrected chi connectivity index (χ0v) is 35.4. The van der Waals surface area contributed by atoms with E-state index in [-0.39, 0.29) is 49.4 Å². The Hall–Kier alpha value is -4.40. The molecule has 0 spiro atoms. The maximum absolute atomic E-state index is 13.3. The van der Waals surface area contributed by atoms with Crippen LogP contribution in [0.2, 0.25) is 0 Å². The highest BCUT2D eigenvalue weighted by molar-refractivity contribution is 5.90. The van der Waals surface area contributed by atoms with Crippen LogP contribution in [0.1, 0.15) is 32.3 Å². The fraction of sp³-hybridized carbons (Fsp3) is 0.619. The van der Waals surface area contributed by atoms with Crippen LogP contribution in [0.25, 0.3) is 0 Å². The van der Waals surface area contributed by atoms with Crippen LogP contribution < -0.4 is 4.74 Å². The number of aliphatic hydroxyl groups is 8. The van der Waals surface area contributed by atoms with Gasteiger partial charge in [0, 0.05) is 23.8 Å². The maximum atomic E-state index is 13.3. The van der Waals surface area contributed by atoms with Crippen molar-refractivity contribution >= 4 is 23.9 Å². The molecule has 64 heavy (non-hydrogen) atoms. The van der Waals surface area contributed by atoms with Crippen LogP contribution in [0.4, 0.5) is 0 Å². The van der Waals surface area contributed by atoms with Crippen LogP contribution >= 0.6 is 0 Å². The van der Waals surface area contributed by atoms with Gasteiger partial charge in [0.15, 0.2) is 18.9 Å². The number of allylic oxidation sites excluding steroid dienone is 2. The molecule has 22 nitrogen and oxygen atoms in total. The molecule has 4 aliphatic rings. The molecule has 0 aliphatic carbocycles. The minimum atomic E-state index is -1.74. The van der Waals surface area contributed by atoms with Crippen LogP contribution in [0.15, 0.2) is 59.4 Å². The summed E-state index contributed by atoms with van der Waals surface area (Å²) in [4.78, 5) is 52.0. The first-order chi connectivity index (χ1) is 30.6. The molecule has 4 aliphatic heterocycles. The first kappa shape index (κ1) is 50.6. The number of carbonyl (C=O) groups excluding carboxylic acids is 4. The van der Waals surface area contributed by atoms with Gasteiger partial charge in [-0.1, -0.05) is 24.3 Å². The SMILES string of the molecule is C/C=C1/C(CC(=O)OCCc2ccc(OC(=O)CC3/C(=C/C)[C@H](OC4OC(CO)C(O)C(O)C4O)OCC3C(=O)OC)cc2)C(C(=O)OC)=CO[C@H]1OC1OC(CO)C(O)C(O)C1O. The fourth-order valence-electron chi connectivity index (χ4n) is 7.73. The summed E-state index contributed by atoms with van der Waals surface area (Å²) in [6.45, 7) is 1.46. The Morgan fingerprint density at radius 3 is 1.83 bits per heavy atom. The molecule has 5 rings (SSSR count). The largest absolute Gasteiger partial charge is 0.469 e. The lowest BCUT2D eigenvalue weighted by Gasteiger charge is -2.43. The zero-order valence-electron chi connectivity index (χ0n) is 35.4. The van der Waals surface area contributed by atoms with Crippen LogP contribution in [0, 0.1) is 17.8 Å². The second kappa shape index (κ2) is 23.2. The van der Waals surface area contributed by atoms with Crippen molar-refractivity contribution in [2.45, 2.75) is 107 Å². The molecule has 3 saturated heterocycles. The Balaban J connectivity index is 1.16. The summed E-state index contributed by atoms with van der Waals surface area (Å²) in [6.07, 6.45) is -14.8. The van der Waals surface area contributed by atoms with Crippen LogP contribution in [0.3, 0.4) is 0 Å². The zero-order chi connectivity index (χ0) is 46.8. The summed E-state index contributed by atoms with van der Waals surface area (Å²) in [5.74, 6) is -5.56. The van der Waals surface area contributed by atoms with Gasteiger partial charge in [0.2, 0.25) is 6.29 Å². The molecule has 13 unspecified atom stereocenters. The molecule has 0 aromatic heterocycles. The van der Waals surface area contributed by atoms with Crippen LogP contribution in [-0.4, -0.2) is 179 Å². The molecule has 0 radical (unpaired) electrons. The predicted octanol–water partition coefficient (Wildman–Crippen LogP) is -2.23. The molecule has 0 amide bonds. The van der Waals surface area contributed by atoms with E-state index in [4.69, 9.17) is 47.4 Å². The highest BCUT2D eigenvalue weighted by atomic mass is 16.8. The Morgan fingerprint density at radius 2 is 1.30 bits per heavy atom. The number of hydrogen-bond acceptors (Lipinski definition) is 22. The number of hydrogen-bond donors (Lipinski definition) is 8. The third-order valence-electron chi connectivity index (χ3n) is 11.4. The van der Waals surface area contributed by atoms with Gasteiger partial charge < -0.3 is 88.2 Å². The molecule has 3 fully saturated rings. The summed E-state index contributed by atoms with van der Waals surface area (Å²) >= 11 is 0. The van der Waals surface area contributed by atoms with Crippen molar-refractivity contribution in [3.63, 3.8) is 0 Å². The molecule has 15 atom stereocenters. The van der Waals surface area contributed by atoms with Gasteiger partial charge in [-0.05, 0) is 37.1 Å². The monoisotopic (exact) mass is 912 g/mol. The quantitative estimate of drug-likeness (QED) is 0.0377. The number of esters is 4. The molecular weight excluding hydrogens is 856 g/mol. The Morgan fingerprint density at radius 1 is 0.719 bits per heavy atom. The van der Waals surface area contributed by atoms with E-state index in [1.165, 1.54) is 25.3 Å². The highest BCUT2D eigenvalue weighted by Gasteiger charge is 2.49. The van der Waals surface area contributed by atoms with Crippen LogP contribution in [-0.2, 0) is 68.2 Å². The summed E-state index contributed by atoms with van der Waals surface area (Å²) < 4.78 is 54.7. The van der Waals surface area contributed by atoms with Gasteiger partial charge in [0.05, 0.1) is 71.2 Å². The van der Waals surface area contributed by atoms with Crippen molar-refractivity contribution in [1.29, 1.82) is 0 Å². The van der Waals surface area contributed by atoms with Gasteiger partial charge in [-0.3, -0.25) is 14.4 Å². The maximum Gasteiger partial charge on any atom is 0.337 e. The van der Waals surface area contributed by atoms with Crippen molar-refractivity contribution in [3.05, 3.63) is 65.0 Å². The predicted molar refractivity (Wildman–Crippen MR) is 210 cm³/mol. The summed E-state index contributed by atoms with van der Waals surface area (Å²) in [5.41, 5.74) is 1.21. The van der Waals surface area contributed by atoms with Gasteiger partial charge in [-0.2, -0.15) is 0 Å². The molecule has 4 heterocycles. The van der Waals surface area contributed by atoms with Gasteiger partial charge >= 0.3 is 23.9 Å². The minimum Gasteiger partial charge on any atom is -0.469 e. The highest BCUT2D eigenvalue weighted by Crippen LogP contribution is 2.38. The average Bonchev–Trinajstić information content (AvgIpc) is 3.29. The minimum absolute atomic E-state index is 0.0350. The van der Waals surface area contributed by atoms with Crippen molar-refractivity contribution in [2.75, 3.05) is 40.6 Å². The third-order valence-corrected chi connectivity index (χ3v) is 11.4. The number of rotatable bonds is 16. The second-order valence-corrected chi connectivity index (χ2v) is 15.2. The summed E-state index contributed by atoms with van der Waals surface area (Å²) in [5, 5.41) is 80.8. The van der Waals surface area contributed by atoms with E-state index >= 15 is 0 Å². The van der Waals surface area contributed by atoms with Gasteiger partial charge in [0.1, 0.15) is 54.6 Å². The molecule has 8 N–H and O–H groups in total. The Labute approximate surface area is 367 Å². The van der Waals surface area contributed by atoms with Crippen molar-refractivity contribution in [1.82, 2.24) is 0 Å². The van der Waals surface area contributed by atoms with Gasteiger partial charge in [-0.15, -0.1) is 0 Å². The Kier molecular flexibility index (Phi) is 18.3. The fourth-order valence-corrected chi connectivity index (χ4v) is 7.73. The standard InChI is InChI=1S/C42H56O22/c1-5-21-23(25(37(53)55-3)17-58-39(21)63-41-35(51)33(49)31(47)27(15-43)61-41)13-29(45)57-12-11-19-7-9-20(10-8-19)60-30(46)14-24-22(6-2)40(59-18-26(24)38(54)56-4)64-42-36(52)34(50)32(48)28(16-44)62-42/h5-10,17,23-24,26-28,31-36,39-44,47-52H,11-16,18H2,1-4H3/b21-5-,22-6-/t23?,24?,26?,27?,28?,31?,32?,33?,34?,35?,36?,39-,40-,41?,42?/m0/s1. The third kappa shape index (κ3) is 11.7. The topological polar surface area (TPSA) is 322 Å². The average molecular weight is 913 g/mol. The number of methoxy groups -OCH3 is 2. The summed E-state index contributed by atoms with van der Waals surface area (Å²) in [6, 6.07) is 6.31. The number of aliphatic hydroxyl groups excluding tert-OH is 8. The molecular formula is C42H56O22. The number of carbonyl (C=O) groups is 4. The van der Waals surface area contributed by atoms with E-state index in [1.54, 1.807) is 32.1 Å². The van der Waals surface area contributed by atoms with E-state index in [2.05, 4.69) is 0 Å². The van der Waals surface area contributed by atoms with Crippen LogP contribution in [0.5, 0.6) is 5.75 Å². The van der Waals surface area contributed by atoms with E-state index in [0.717, 1.165) is 13.4 Å². The molecule has 1 aromatic rings. The summed E-state index contributed by atoms with van der Waals surface area (Å²) in [7, 11) is 2.33. The van der Waals surface area contributed by atoms with E-state index in [0.29, 0.717) is 11.1 Å². The normalized spacial score (nSPS) is 35.5. The smallest absolute Gasteiger partial charge is 0.337 e. The molecule has 0 bridgehead atoms. The van der Waals surface area contributed by atoms with E-state index in [1.807, 2.05) is 0 Å². The molecule has 22 heteroatoms. The molecule has 356 valence electrons. The first-order valence-electron chi connectivity index (χ1n) is 20.4. The lowest BCUT2D eigenvalue weighted by molar-refractivity contribution is -0.335. The second-order valence-electron chi connectivity index (χ2n) is 15.2. The lowest BCUT2D eigenvalue weighted by atomic mass is 9.81. The van der Waals surface area contributed by atoms with Gasteiger partial charge in [-0.25, -0.2) is 4.79 Å². The first-order valence-corrected chi connectivity index (χ1v) is 20.4. The number of benzene rings is 1. The van der Waals surface area contributed by atoms with Crippen molar-refractivity contribution in [3.8, 4) is 5.75 Å². The van der Waals surface area contributed by atoms with E-state index in [9.17, 15) is 60.0 Å². The number of ether oxygens (including phenoxy) is 10. The Bertz CT molecular complexity index is 1840. The lowest BCUT2D eigenvalue weighted by Crippen LogP contribution is -2.60.